The van der Waals surface area contributed by atoms with E-state index >= 15 is 0 Å². The Kier molecular flexibility index (Phi) is 2.62. The number of carbonyl (C=O) groups excluding carboxylic acids is 3. The number of carbonyl (C=O) groups is 3. The Labute approximate surface area is 96.4 Å². The van der Waals surface area contributed by atoms with E-state index in [2.05, 4.69) is 20.5 Å². The molecule has 1 atom stereocenters. The van der Waals surface area contributed by atoms with Crippen molar-refractivity contribution < 1.29 is 14.4 Å². The highest BCUT2D eigenvalue weighted by Gasteiger charge is 2.37. The monoisotopic (exact) mass is 237 g/mol. The number of hydrogen-bond donors (Lipinski definition) is 2. The normalized spacial score (nSPS) is 19.9. The Hall–Kier alpha value is -2.25. The number of imide groups is 1. The Morgan fingerprint density at radius 3 is 2.71 bits per heavy atom. The van der Waals surface area contributed by atoms with Gasteiger partial charge in [-0.3, -0.25) is 24.4 Å². The Morgan fingerprint density at radius 1 is 1.53 bits per heavy atom. The lowest BCUT2D eigenvalue weighted by Gasteiger charge is -2.09. The van der Waals surface area contributed by atoms with Crippen LogP contribution >= 0.6 is 0 Å². The molecule has 1 aromatic rings. The van der Waals surface area contributed by atoms with Gasteiger partial charge in [0, 0.05) is 7.05 Å². The molecular weight excluding hydrogens is 226 g/mol. The van der Waals surface area contributed by atoms with Crippen LogP contribution in [0.1, 0.15) is 22.9 Å². The molecule has 8 nitrogen and oxygen atoms in total. The lowest BCUT2D eigenvalue weighted by molar-refractivity contribution is -0.137. The van der Waals surface area contributed by atoms with Gasteiger partial charge in [-0.1, -0.05) is 0 Å². The van der Waals surface area contributed by atoms with E-state index in [1.807, 2.05) is 0 Å². The minimum absolute atomic E-state index is 0.0233. The third-order valence-corrected chi connectivity index (χ3v) is 2.49. The first-order valence-corrected chi connectivity index (χ1v) is 4.99. The largest absolute Gasteiger partial charge is 0.337 e. The van der Waals surface area contributed by atoms with Crippen LogP contribution < -0.4 is 5.32 Å². The molecule has 0 aliphatic carbocycles. The van der Waals surface area contributed by atoms with E-state index in [9.17, 15) is 14.4 Å². The number of aromatic nitrogens is 3. The van der Waals surface area contributed by atoms with E-state index in [-0.39, 0.29) is 18.2 Å². The maximum Gasteiger partial charge on any atom is 0.291 e. The fourth-order valence-corrected chi connectivity index (χ4v) is 1.54. The van der Waals surface area contributed by atoms with Crippen molar-refractivity contribution in [2.45, 2.75) is 19.4 Å². The Bertz CT molecular complexity index is 495. The molecule has 0 saturated carbocycles. The number of rotatable bonds is 2. The smallest absolute Gasteiger partial charge is 0.291 e. The first kappa shape index (κ1) is 11.2. The number of amides is 3. The van der Waals surface area contributed by atoms with Crippen LogP contribution in [0.25, 0.3) is 0 Å². The van der Waals surface area contributed by atoms with Crippen LogP contribution in [0.3, 0.4) is 0 Å². The summed E-state index contributed by atoms with van der Waals surface area (Å²) in [5.74, 6) is -0.851. The van der Waals surface area contributed by atoms with Gasteiger partial charge in [0.25, 0.3) is 11.8 Å². The van der Waals surface area contributed by atoms with Gasteiger partial charge < -0.3 is 5.32 Å². The highest BCUT2D eigenvalue weighted by atomic mass is 16.2. The van der Waals surface area contributed by atoms with E-state index in [0.717, 1.165) is 4.90 Å². The molecule has 2 rings (SSSR count). The van der Waals surface area contributed by atoms with Gasteiger partial charge >= 0.3 is 0 Å². The average molecular weight is 237 g/mol. The molecule has 1 aliphatic rings. The van der Waals surface area contributed by atoms with E-state index in [1.165, 1.54) is 7.05 Å². The van der Waals surface area contributed by atoms with Crippen LogP contribution in [0.15, 0.2) is 0 Å². The van der Waals surface area contributed by atoms with Crippen LogP contribution in [0.4, 0.5) is 0 Å². The van der Waals surface area contributed by atoms with Crippen molar-refractivity contribution in [2.24, 2.45) is 0 Å². The number of H-pyrrole nitrogens is 1. The summed E-state index contributed by atoms with van der Waals surface area (Å²) in [6.45, 7) is 1.65. The maximum atomic E-state index is 11.6. The van der Waals surface area contributed by atoms with Gasteiger partial charge in [-0.05, 0) is 6.92 Å². The molecule has 0 bridgehead atoms. The molecule has 1 aromatic heterocycles. The van der Waals surface area contributed by atoms with Crippen LogP contribution in [-0.2, 0) is 9.59 Å². The fourth-order valence-electron chi connectivity index (χ4n) is 1.54. The van der Waals surface area contributed by atoms with Gasteiger partial charge in [0.05, 0.1) is 6.42 Å². The summed E-state index contributed by atoms with van der Waals surface area (Å²) in [6.07, 6.45) is -0.0233. The Morgan fingerprint density at radius 2 is 2.24 bits per heavy atom. The molecular formula is C9H11N5O3. The number of aromatic amines is 1. The number of hydrogen-bond acceptors (Lipinski definition) is 5. The summed E-state index contributed by atoms with van der Waals surface area (Å²) in [7, 11) is 1.38. The molecule has 0 aromatic carbocycles. The third-order valence-electron chi connectivity index (χ3n) is 2.49. The summed E-state index contributed by atoms with van der Waals surface area (Å²) in [4.78, 5) is 39.2. The fraction of sp³-hybridized carbons (Fsp3) is 0.444. The van der Waals surface area contributed by atoms with Crippen molar-refractivity contribution in [3.63, 3.8) is 0 Å². The molecule has 0 spiro atoms. The second-order valence-electron chi connectivity index (χ2n) is 3.77. The molecule has 1 unspecified atom stereocenters. The summed E-state index contributed by atoms with van der Waals surface area (Å²) in [6, 6.07) is -0.821. The zero-order valence-electron chi connectivity index (χ0n) is 9.35. The second kappa shape index (κ2) is 3.96. The van der Waals surface area contributed by atoms with Crippen LogP contribution in [-0.4, -0.2) is 50.9 Å². The van der Waals surface area contributed by atoms with Crippen molar-refractivity contribution in [1.82, 2.24) is 25.4 Å². The number of likely N-dealkylation sites (tertiary alicyclic amines) is 1. The summed E-state index contributed by atoms with van der Waals surface area (Å²) in [5, 5.41) is 8.60. The van der Waals surface area contributed by atoms with Gasteiger partial charge in [0.2, 0.25) is 11.7 Å². The first-order valence-electron chi connectivity index (χ1n) is 4.99. The second-order valence-corrected chi connectivity index (χ2v) is 3.77. The number of nitrogens with zero attached hydrogens (tertiary/aromatic N) is 3. The summed E-state index contributed by atoms with van der Waals surface area (Å²) < 4.78 is 0. The lowest BCUT2D eigenvalue weighted by Crippen LogP contribution is -2.41. The van der Waals surface area contributed by atoms with Gasteiger partial charge in [-0.15, -0.1) is 5.10 Å². The van der Waals surface area contributed by atoms with Crippen LogP contribution in [0.5, 0.6) is 0 Å². The van der Waals surface area contributed by atoms with Gasteiger partial charge in [0.15, 0.2) is 0 Å². The molecule has 1 aliphatic heterocycles. The first-order chi connectivity index (χ1) is 7.99. The van der Waals surface area contributed by atoms with Crippen molar-refractivity contribution in [3.8, 4) is 0 Å². The Balaban J connectivity index is 2.05. The minimum Gasteiger partial charge on any atom is -0.337 e. The molecule has 0 radical (unpaired) electrons. The molecule has 3 amide bonds. The SMILES string of the molecule is Cc1nc(C(=O)NC2CC(=O)N(C)C2=O)n[nH]1. The average Bonchev–Trinajstić information content (AvgIpc) is 2.80. The zero-order valence-corrected chi connectivity index (χ0v) is 9.35. The van der Waals surface area contributed by atoms with Gasteiger partial charge in [0.1, 0.15) is 11.9 Å². The quantitative estimate of drug-likeness (QED) is 0.615. The van der Waals surface area contributed by atoms with Crippen LogP contribution in [0, 0.1) is 6.92 Å². The number of aryl methyl sites for hydroxylation is 1. The van der Waals surface area contributed by atoms with Crippen molar-refractivity contribution >= 4 is 17.7 Å². The number of likely N-dealkylation sites (N-methyl/N-ethyl adjacent to an activating group) is 1. The molecule has 8 heteroatoms. The molecule has 2 heterocycles. The predicted molar refractivity (Wildman–Crippen MR) is 54.8 cm³/mol. The maximum absolute atomic E-state index is 11.6. The molecule has 90 valence electrons. The van der Waals surface area contributed by atoms with Crippen LogP contribution in [0.2, 0.25) is 0 Å². The number of nitrogens with one attached hydrogen (secondary N) is 2. The summed E-state index contributed by atoms with van der Waals surface area (Å²) >= 11 is 0. The van der Waals surface area contributed by atoms with Crippen molar-refractivity contribution in [3.05, 3.63) is 11.6 Å². The zero-order chi connectivity index (χ0) is 12.6. The minimum atomic E-state index is -0.821. The predicted octanol–water partition coefficient (Wildman–Crippen LogP) is -1.40. The van der Waals surface area contributed by atoms with Crippen molar-refractivity contribution in [2.75, 3.05) is 7.05 Å². The molecule has 17 heavy (non-hydrogen) atoms. The summed E-state index contributed by atoms with van der Waals surface area (Å²) in [5.41, 5.74) is 0. The third kappa shape index (κ3) is 2.01. The van der Waals surface area contributed by atoms with E-state index in [1.54, 1.807) is 6.92 Å². The molecule has 1 saturated heterocycles. The topological polar surface area (TPSA) is 108 Å². The highest BCUT2D eigenvalue weighted by molar-refractivity contribution is 6.07. The van der Waals surface area contributed by atoms with Crippen molar-refractivity contribution in [1.29, 1.82) is 0 Å². The van der Waals surface area contributed by atoms with Gasteiger partial charge in [-0.2, -0.15) is 0 Å². The molecule has 2 N–H and O–H groups in total. The molecule has 1 fully saturated rings. The highest BCUT2D eigenvalue weighted by Crippen LogP contribution is 2.10. The van der Waals surface area contributed by atoms with Gasteiger partial charge in [-0.25, -0.2) is 4.98 Å². The van der Waals surface area contributed by atoms with E-state index < -0.39 is 17.9 Å². The lowest BCUT2D eigenvalue weighted by atomic mass is 10.2. The standard InChI is InChI=1S/C9H11N5O3/c1-4-10-7(13-12-4)8(16)11-5-3-6(15)14(2)9(5)17/h5H,3H2,1-2H3,(H,11,16)(H,10,12,13). The van der Waals surface area contributed by atoms with E-state index in [4.69, 9.17) is 0 Å². The van der Waals surface area contributed by atoms with E-state index in [0.29, 0.717) is 5.82 Å².